The Morgan fingerprint density at radius 3 is 2.48 bits per heavy atom. The number of hydrogen-bond acceptors (Lipinski definition) is 9. The van der Waals surface area contributed by atoms with Crippen LogP contribution in [0.5, 0.6) is 0 Å². The number of carbonyl (C=O) groups excluding carboxylic acids is 1. The zero-order chi connectivity index (χ0) is 21.9. The molecule has 1 aliphatic heterocycles. The maximum absolute atomic E-state index is 11.4. The molecule has 0 radical (unpaired) electrons. The number of aliphatic hydroxyl groups excluding tert-OH is 3. The second-order valence-electron chi connectivity index (χ2n) is 8.08. The normalized spacial score (nSPS) is 37.9. The number of aliphatic hydroxyl groups is 4. The molecule has 29 heavy (non-hydrogen) atoms. The number of carbonyl (C=O) groups is 2. The van der Waals surface area contributed by atoms with Gasteiger partial charge in [0.15, 0.2) is 6.29 Å². The monoisotopic (exact) mass is 418 g/mol. The quantitative estimate of drug-likeness (QED) is 0.203. The molecule has 1 fully saturated rings. The minimum absolute atomic E-state index is 0.239. The van der Waals surface area contributed by atoms with Crippen LogP contribution in [0.3, 0.4) is 0 Å². The standard InChI is InChI=1S/C19H30O10/c1-9(2)10-4-5-19(3,26)12(6-10)29-18-17(25)16(24)15(23)11(28-18)8-27-14(22)7-13(20)21/h6,9,11-12,15-18,23-26H,4-5,7-8H2,1-3H3,(H,20,21). The van der Waals surface area contributed by atoms with Gasteiger partial charge >= 0.3 is 11.9 Å². The highest BCUT2D eigenvalue weighted by Gasteiger charge is 2.47. The lowest BCUT2D eigenvalue weighted by molar-refractivity contribution is -0.318. The third-order valence-electron chi connectivity index (χ3n) is 5.29. The van der Waals surface area contributed by atoms with E-state index in [9.17, 15) is 30.0 Å². The van der Waals surface area contributed by atoms with Crippen LogP contribution >= 0.6 is 0 Å². The lowest BCUT2D eigenvalue weighted by atomic mass is 9.81. The molecule has 0 aromatic rings. The van der Waals surface area contributed by atoms with E-state index in [-0.39, 0.29) is 5.92 Å². The fourth-order valence-corrected chi connectivity index (χ4v) is 3.32. The minimum atomic E-state index is -1.65. The Morgan fingerprint density at radius 2 is 1.90 bits per heavy atom. The van der Waals surface area contributed by atoms with Crippen LogP contribution in [0.2, 0.25) is 0 Å². The number of hydrogen-bond donors (Lipinski definition) is 5. The van der Waals surface area contributed by atoms with E-state index in [1.165, 1.54) is 0 Å². The molecule has 0 bridgehead atoms. The van der Waals surface area contributed by atoms with Gasteiger partial charge in [0.2, 0.25) is 0 Å². The van der Waals surface area contributed by atoms with Gasteiger partial charge in [0, 0.05) is 0 Å². The molecule has 5 N–H and O–H groups in total. The molecular weight excluding hydrogens is 388 g/mol. The summed E-state index contributed by atoms with van der Waals surface area (Å²) in [4.78, 5) is 21.9. The lowest BCUT2D eigenvalue weighted by Crippen LogP contribution is -2.61. The van der Waals surface area contributed by atoms with E-state index in [1.54, 1.807) is 13.0 Å². The van der Waals surface area contributed by atoms with Gasteiger partial charge in [0.05, 0.1) is 5.60 Å². The summed E-state index contributed by atoms with van der Waals surface area (Å²) in [5.41, 5.74) is -0.155. The molecule has 0 aromatic heterocycles. The van der Waals surface area contributed by atoms with Crippen LogP contribution in [0.1, 0.15) is 40.0 Å². The van der Waals surface area contributed by atoms with E-state index < -0.39 is 67.4 Å². The molecule has 0 aromatic carbocycles. The van der Waals surface area contributed by atoms with E-state index >= 15 is 0 Å². The third-order valence-corrected chi connectivity index (χ3v) is 5.29. The van der Waals surface area contributed by atoms with Gasteiger partial charge in [-0.3, -0.25) is 9.59 Å². The van der Waals surface area contributed by atoms with Crippen molar-refractivity contribution >= 4 is 11.9 Å². The van der Waals surface area contributed by atoms with Crippen molar-refractivity contribution in [3.8, 4) is 0 Å². The summed E-state index contributed by atoms with van der Waals surface area (Å²) in [5, 5.41) is 49.7. The molecule has 1 aliphatic carbocycles. The van der Waals surface area contributed by atoms with Gasteiger partial charge in [0.25, 0.3) is 0 Å². The Hall–Kier alpha value is -1.56. The number of allylic oxidation sites excluding steroid dienone is 1. The van der Waals surface area contributed by atoms with Gasteiger partial charge in [0.1, 0.15) is 43.5 Å². The number of esters is 1. The summed E-state index contributed by atoms with van der Waals surface area (Å²) in [5.74, 6) is -2.17. The average Bonchev–Trinajstić information content (AvgIpc) is 2.61. The van der Waals surface area contributed by atoms with Crippen molar-refractivity contribution in [3.63, 3.8) is 0 Å². The maximum Gasteiger partial charge on any atom is 0.317 e. The fraction of sp³-hybridized carbons (Fsp3) is 0.789. The Bertz CT molecular complexity index is 628. The van der Waals surface area contributed by atoms with Gasteiger partial charge < -0.3 is 39.7 Å². The summed E-state index contributed by atoms with van der Waals surface area (Å²) >= 11 is 0. The van der Waals surface area contributed by atoms with Gasteiger partial charge in [-0.05, 0) is 25.7 Å². The number of ether oxygens (including phenoxy) is 3. The molecule has 7 atom stereocenters. The van der Waals surface area contributed by atoms with Crippen molar-refractivity contribution in [1.82, 2.24) is 0 Å². The summed E-state index contributed by atoms with van der Waals surface area (Å²) in [7, 11) is 0. The Morgan fingerprint density at radius 1 is 1.24 bits per heavy atom. The Balaban J connectivity index is 2.09. The molecule has 0 amide bonds. The first kappa shape index (κ1) is 23.7. The van der Waals surface area contributed by atoms with Crippen molar-refractivity contribution in [3.05, 3.63) is 11.6 Å². The van der Waals surface area contributed by atoms with Crippen molar-refractivity contribution in [2.45, 2.75) is 82.4 Å². The molecule has 1 saturated heterocycles. The van der Waals surface area contributed by atoms with Crippen LogP contribution in [-0.4, -0.2) is 86.5 Å². The predicted octanol–water partition coefficient (Wildman–Crippen LogP) is -0.676. The van der Waals surface area contributed by atoms with Crippen LogP contribution in [0.15, 0.2) is 11.6 Å². The average molecular weight is 418 g/mol. The molecule has 166 valence electrons. The third kappa shape index (κ3) is 5.97. The van der Waals surface area contributed by atoms with Gasteiger partial charge in [-0.25, -0.2) is 0 Å². The van der Waals surface area contributed by atoms with Crippen molar-refractivity contribution in [2.24, 2.45) is 5.92 Å². The summed E-state index contributed by atoms with van der Waals surface area (Å²) in [6.45, 7) is 5.08. The molecule has 2 rings (SSSR count). The van der Waals surface area contributed by atoms with E-state index in [2.05, 4.69) is 0 Å². The van der Waals surface area contributed by atoms with Gasteiger partial charge in [-0.2, -0.15) is 0 Å². The number of rotatable bonds is 7. The van der Waals surface area contributed by atoms with Crippen molar-refractivity contribution in [2.75, 3.05) is 6.61 Å². The molecule has 10 heteroatoms. The first-order valence-electron chi connectivity index (χ1n) is 9.58. The number of carboxylic acid groups (broad SMARTS) is 1. The minimum Gasteiger partial charge on any atom is -0.481 e. The predicted molar refractivity (Wildman–Crippen MR) is 97.5 cm³/mol. The van der Waals surface area contributed by atoms with Crippen LogP contribution in [0.25, 0.3) is 0 Å². The van der Waals surface area contributed by atoms with Crippen LogP contribution in [-0.2, 0) is 23.8 Å². The molecule has 10 nitrogen and oxygen atoms in total. The summed E-state index contributed by atoms with van der Waals surface area (Å²) < 4.78 is 16.0. The molecule has 2 aliphatic rings. The Kier molecular flexibility index (Phi) is 7.77. The second kappa shape index (κ2) is 9.50. The summed E-state index contributed by atoms with van der Waals surface area (Å²) in [6, 6.07) is 0. The van der Waals surface area contributed by atoms with Crippen molar-refractivity contribution < 1.29 is 49.3 Å². The highest BCUT2D eigenvalue weighted by atomic mass is 16.7. The topological polar surface area (TPSA) is 163 Å². The number of aliphatic carboxylic acids is 1. The smallest absolute Gasteiger partial charge is 0.317 e. The first-order valence-corrected chi connectivity index (χ1v) is 9.58. The fourth-order valence-electron chi connectivity index (χ4n) is 3.32. The Labute approximate surface area is 168 Å². The van der Waals surface area contributed by atoms with Crippen molar-refractivity contribution in [1.29, 1.82) is 0 Å². The number of carboxylic acids is 1. The van der Waals surface area contributed by atoms with Gasteiger partial charge in [-0.1, -0.05) is 25.5 Å². The van der Waals surface area contributed by atoms with E-state index in [0.717, 1.165) is 5.57 Å². The molecular formula is C19H30O10. The van der Waals surface area contributed by atoms with Gasteiger partial charge in [-0.15, -0.1) is 0 Å². The maximum atomic E-state index is 11.4. The second-order valence-corrected chi connectivity index (χ2v) is 8.08. The van der Waals surface area contributed by atoms with E-state index in [0.29, 0.717) is 12.8 Å². The summed E-state index contributed by atoms with van der Waals surface area (Å²) in [6.07, 6.45) is -6.29. The zero-order valence-electron chi connectivity index (χ0n) is 16.7. The van der Waals surface area contributed by atoms with Crippen LogP contribution in [0, 0.1) is 5.92 Å². The molecule has 7 unspecified atom stereocenters. The lowest BCUT2D eigenvalue weighted by Gasteiger charge is -2.44. The van der Waals surface area contributed by atoms with E-state index in [1.807, 2.05) is 13.8 Å². The highest BCUT2D eigenvalue weighted by molar-refractivity contribution is 5.90. The SMILES string of the molecule is CC(C)C1=CC(OC2OC(COC(=O)CC(=O)O)C(O)C(O)C2O)C(C)(O)CC1. The highest BCUT2D eigenvalue weighted by Crippen LogP contribution is 2.35. The zero-order valence-corrected chi connectivity index (χ0v) is 16.7. The van der Waals surface area contributed by atoms with E-state index in [4.69, 9.17) is 19.3 Å². The molecule has 1 heterocycles. The van der Waals surface area contributed by atoms with Crippen LogP contribution < -0.4 is 0 Å². The van der Waals surface area contributed by atoms with Crippen LogP contribution in [0.4, 0.5) is 0 Å². The molecule has 0 saturated carbocycles. The molecule has 0 spiro atoms. The first-order chi connectivity index (χ1) is 13.4. The largest absolute Gasteiger partial charge is 0.481 e.